The minimum atomic E-state index is 0.800. The first kappa shape index (κ1) is 10.4. The van der Waals surface area contributed by atoms with Crippen LogP contribution >= 0.6 is 11.8 Å². The molecule has 0 aromatic carbocycles. The highest BCUT2D eigenvalue weighted by Gasteiger charge is 2.20. The third kappa shape index (κ3) is 3.36. The summed E-state index contributed by atoms with van der Waals surface area (Å²) in [7, 11) is 2.08. The lowest BCUT2D eigenvalue weighted by atomic mass is 9.95. The van der Waals surface area contributed by atoms with Crippen molar-refractivity contribution in [3.8, 4) is 0 Å². The maximum Gasteiger partial charge on any atom is 0.00648 e. The number of hydrogen-bond donors (Lipinski definition) is 1. The van der Waals surface area contributed by atoms with Crippen molar-refractivity contribution in [3.63, 3.8) is 0 Å². The normalized spacial score (nSPS) is 31.0. The van der Waals surface area contributed by atoms with Gasteiger partial charge in [0, 0.05) is 11.3 Å². The number of nitrogens with one attached hydrogen (secondary N) is 1. The van der Waals surface area contributed by atoms with Crippen molar-refractivity contribution in [1.29, 1.82) is 0 Å². The summed E-state index contributed by atoms with van der Waals surface area (Å²) >= 11 is 2.16. The van der Waals surface area contributed by atoms with Crippen LogP contribution in [-0.4, -0.2) is 23.6 Å². The van der Waals surface area contributed by atoms with Crippen LogP contribution in [0.25, 0.3) is 0 Å². The van der Waals surface area contributed by atoms with Gasteiger partial charge in [-0.2, -0.15) is 11.8 Å². The molecule has 1 nitrogen and oxygen atoms in total. The largest absolute Gasteiger partial charge is 0.317 e. The van der Waals surface area contributed by atoms with Crippen LogP contribution < -0.4 is 5.32 Å². The van der Waals surface area contributed by atoms with Gasteiger partial charge in [-0.15, -0.1) is 0 Å². The van der Waals surface area contributed by atoms with Gasteiger partial charge in [-0.3, -0.25) is 0 Å². The van der Waals surface area contributed by atoms with Gasteiger partial charge in [0.05, 0.1) is 0 Å². The second kappa shape index (κ2) is 5.13. The molecule has 1 aliphatic rings. The van der Waals surface area contributed by atoms with Crippen molar-refractivity contribution < 1.29 is 0 Å². The van der Waals surface area contributed by atoms with E-state index < -0.39 is 0 Å². The standard InChI is InChI=1S/C10H21NS/c1-8(2)12-10-6-4-9(11-3)5-7-10/h8-11H,4-7H2,1-3H3. The van der Waals surface area contributed by atoms with E-state index in [1.165, 1.54) is 25.7 Å². The summed E-state index contributed by atoms with van der Waals surface area (Å²) in [4.78, 5) is 0. The number of rotatable bonds is 3. The molecular formula is C10H21NS. The van der Waals surface area contributed by atoms with E-state index in [9.17, 15) is 0 Å². The van der Waals surface area contributed by atoms with Crippen molar-refractivity contribution in [2.75, 3.05) is 7.05 Å². The molecule has 0 aromatic rings. The average molecular weight is 187 g/mol. The second-order valence-electron chi connectivity index (χ2n) is 3.95. The molecule has 1 saturated carbocycles. The molecule has 0 bridgehead atoms. The van der Waals surface area contributed by atoms with E-state index in [1.807, 2.05) is 0 Å². The smallest absolute Gasteiger partial charge is 0.00648 e. The maximum atomic E-state index is 3.37. The zero-order chi connectivity index (χ0) is 8.97. The summed E-state index contributed by atoms with van der Waals surface area (Å²) in [5.74, 6) is 0. The highest BCUT2D eigenvalue weighted by molar-refractivity contribution is 8.00. The highest BCUT2D eigenvalue weighted by Crippen LogP contribution is 2.30. The lowest BCUT2D eigenvalue weighted by Gasteiger charge is -2.28. The minimum absolute atomic E-state index is 0.800. The van der Waals surface area contributed by atoms with Gasteiger partial charge in [0.2, 0.25) is 0 Å². The van der Waals surface area contributed by atoms with E-state index in [0.717, 1.165) is 16.5 Å². The predicted octanol–water partition coefficient (Wildman–Crippen LogP) is 2.66. The Balaban J connectivity index is 2.17. The van der Waals surface area contributed by atoms with Crippen LogP contribution in [0.15, 0.2) is 0 Å². The van der Waals surface area contributed by atoms with E-state index in [0.29, 0.717) is 0 Å². The van der Waals surface area contributed by atoms with Crippen LogP contribution in [0.5, 0.6) is 0 Å². The van der Waals surface area contributed by atoms with Gasteiger partial charge < -0.3 is 5.32 Å². The van der Waals surface area contributed by atoms with Crippen LogP contribution in [0.1, 0.15) is 39.5 Å². The highest BCUT2D eigenvalue weighted by atomic mass is 32.2. The van der Waals surface area contributed by atoms with Crippen molar-refractivity contribution in [1.82, 2.24) is 5.32 Å². The van der Waals surface area contributed by atoms with Gasteiger partial charge in [0.15, 0.2) is 0 Å². The van der Waals surface area contributed by atoms with Crippen molar-refractivity contribution in [2.45, 2.75) is 56.1 Å². The second-order valence-corrected chi connectivity index (χ2v) is 5.83. The zero-order valence-electron chi connectivity index (χ0n) is 8.47. The molecule has 1 aliphatic carbocycles. The van der Waals surface area contributed by atoms with Gasteiger partial charge in [-0.25, -0.2) is 0 Å². The molecule has 0 atom stereocenters. The molecule has 0 heterocycles. The SMILES string of the molecule is CNC1CCC(SC(C)C)CC1. The van der Waals surface area contributed by atoms with Crippen LogP contribution in [0, 0.1) is 0 Å². The van der Waals surface area contributed by atoms with Gasteiger partial charge in [-0.1, -0.05) is 13.8 Å². The average Bonchev–Trinajstić information content (AvgIpc) is 2.05. The molecule has 0 amide bonds. The third-order valence-electron chi connectivity index (χ3n) is 2.55. The zero-order valence-corrected chi connectivity index (χ0v) is 9.29. The minimum Gasteiger partial charge on any atom is -0.317 e. The molecule has 1 rings (SSSR count). The van der Waals surface area contributed by atoms with Crippen molar-refractivity contribution >= 4 is 11.8 Å². The summed E-state index contributed by atoms with van der Waals surface area (Å²) in [6, 6.07) is 0.800. The molecule has 12 heavy (non-hydrogen) atoms. The first-order valence-corrected chi connectivity index (χ1v) is 5.99. The Kier molecular flexibility index (Phi) is 4.44. The Hall–Kier alpha value is 0.310. The molecule has 2 heteroatoms. The van der Waals surface area contributed by atoms with Gasteiger partial charge in [0.1, 0.15) is 0 Å². The van der Waals surface area contributed by atoms with E-state index in [4.69, 9.17) is 0 Å². The molecule has 0 aliphatic heterocycles. The van der Waals surface area contributed by atoms with Gasteiger partial charge in [0.25, 0.3) is 0 Å². The molecule has 72 valence electrons. The molecular weight excluding hydrogens is 166 g/mol. The fourth-order valence-electron chi connectivity index (χ4n) is 1.87. The maximum absolute atomic E-state index is 3.37. The lowest BCUT2D eigenvalue weighted by molar-refractivity contribution is 0.401. The summed E-state index contributed by atoms with van der Waals surface area (Å²) in [6.45, 7) is 4.60. The third-order valence-corrected chi connectivity index (χ3v) is 3.95. The molecule has 0 spiro atoms. The Labute approximate surface area is 80.7 Å². The van der Waals surface area contributed by atoms with Crippen LogP contribution in [0.2, 0.25) is 0 Å². The molecule has 0 aromatic heterocycles. The van der Waals surface area contributed by atoms with E-state index in [-0.39, 0.29) is 0 Å². The monoisotopic (exact) mass is 187 g/mol. The van der Waals surface area contributed by atoms with Crippen LogP contribution in [0.3, 0.4) is 0 Å². The van der Waals surface area contributed by atoms with Crippen LogP contribution in [0.4, 0.5) is 0 Å². The van der Waals surface area contributed by atoms with E-state index in [2.05, 4.69) is 38.0 Å². The Morgan fingerprint density at radius 3 is 2.17 bits per heavy atom. The fraction of sp³-hybridized carbons (Fsp3) is 1.00. The topological polar surface area (TPSA) is 12.0 Å². The summed E-state index contributed by atoms with van der Waals surface area (Å²) < 4.78 is 0. The molecule has 0 saturated heterocycles. The molecule has 0 unspecified atom stereocenters. The first-order valence-electron chi connectivity index (χ1n) is 5.05. The van der Waals surface area contributed by atoms with Gasteiger partial charge >= 0.3 is 0 Å². The number of hydrogen-bond acceptors (Lipinski definition) is 2. The summed E-state index contributed by atoms with van der Waals surface area (Å²) in [5, 5.41) is 5.11. The predicted molar refractivity (Wildman–Crippen MR) is 57.8 cm³/mol. The Morgan fingerprint density at radius 1 is 1.17 bits per heavy atom. The summed E-state index contributed by atoms with van der Waals surface area (Å²) in [5.41, 5.74) is 0. The molecule has 1 fully saturated rings. The Morgan fingerprint density at radius 2 is 1.75 bits per heavy atom. The van der Waals surface area contributed by atoms with E-state index >= 15 is 0 Å². The van der Waals surface area contributed by atoms with Crippen LogP contribution in [-0.2, 0) is 0 Å². The molecule has 1 N–H and O–H groups in total. The number of thioether (sulfide) groups is 1. The molecule has 0 radical (unpaired) electrons. The Bertz CT molecular complexity index is 117. The lowest BCUT2D eigenvalue weighted by Crippen LogP contribution is -2.31. The summed E-state index contributed by atoms with van der Waals surface area (Å²) in [6.07, 6.45) is 5.57. The van der Waals surface area contributed by atoms with E-state index in [1.54, 1.807) is 0 Å². The van der Waals surface area contributed by atoms with Gasteiger partial charge in [-0.05, 0) is 38.0 Å². The van der Waals surface area contributed by atoms with Crippen molar-refractivity contribution in [2.24, 2.45) is 0 Å². The first-order chi connectivity index (χ1) is 5.72. The van der Waals surface area contributed by atoms with Crippen molar-refractivity contribution in [3.05, 3.63) is 0 Å². The fourth-order valence-corrected chi connectivity index (χ4v) is 3.19. The quantitative estimate of drug-likeness (QED) is 0.729.